The molecule has 0 unspecified atom stereocenters. The van der Waals surface area contributed by atoms with E-state index in [-0.39, 0.29) is 6.03 Å². The van der Waals surface area contributed by atoms with E-state index in [1.165, 1.54) is 38.5 Å². The lowest BCUT2D eigenvalue weighted by molar-refractivity contribution is 0.151. The monoisotopic (exact) mass is 239 g/mol. The van der Waals surface area contributed by atoms with E-state index in [1.54, 1.807) is 0 Å². The molecule has 17 heavy (non-hydrogen) atoms. The minimum absolute atomic E-state index is 0.157. The van der Waals surface area contributed by atoms with Crippen LogP contribution in [0.5, 0.6) is 0 Å². The number of amides is 2. The Morgan fingerprint density at radius 2 is 1.59 bits per heavy atom. The van der Waals surface area contributed by atoms with Crippen molar-refractivity contribution in [1.82, 2.24) is 15.1 Å². The van der Waals surface area contributed by atoms with E-state index in [4.69, 9.17) is 0 Å². The van der Waals surface area contributed by atoms with Crippen LogP contribution in [0.25, 0.3) is 0 Å². The Bertz CT molecular complexity index is 241. The molecule has 2 amide bonds. The van der Waals surface area contributed by atoms with Crippen LogP contribution in [0.3, 0.4) is 0 Å². The molecular weight excluding hydrogens is 214 g/mol. The number of piperazine rings is 1. The third-order valence-electron chi connectivity index (χ3n) is 3.97. The molecule has 0 spiro atoms. The maximum absolute atomic E-state index is 12.1. The quantitative estimate of drug-likeness (QED) is 0.706. The Balaban J connectivity index is 1.75. The minimum Gasteiger partial charge on any atom is -0.335 e. The number of urea groups is 1. The molecule has 1 aliphatic carbocycles. The molecule has 1 N–H and O–H groups in total. The van der Waals surface area contributed by atoms with Gasteiger partial charge in [0, 0.05) is 32.2 Å². The van der Waals surface area contributed by atoms with Crippen molar-refractivity contribution in [2.24, 2.45) is 0 Å². The van der Waals surface area contributed by atoms with Gasteiger partial charge in [-0.3, -0.25) is 0 Å². The Morgan fingerprint density at radius 3 is 2.18 bits per heavy atom. The van der Waals surface area contributed by atoms with E-state index in [2.05, 4.69) is 17.3 Å². The number of nitrogens with one attached hydrogen (secondary N) is 1. The lowest BCUT2D eigenvalue weighted by atomic mass is 10.1. The van der Waals surface area contributed by atoms with Gasteiger partial charge in [-0.05, 0) is 19.9 Å². The molecule has 1 aliphatic heterocycles. The number of hydrogen-bond acceptors (Lipinski definition) is 2. The Labute approximate surface area is 104 Å². The highest BCUT2D eigenvalue weighted by Crippen LogP contribution is 2.17. The molecule has 2 aliphatic rings. The van der Waals surface area contributed by atoms with Crippen LogP contribution in [0.4, 0.5) is 4.79 Å². The smallest absolute Gasteiger partial charge is 0.317 e. The van der Waals surface area contributed by atoms with E-state index in [9.17, 15) is 4.79 Å². The maximum atomic E-state index is 12.1. The van der Waals surface area contributed by atoms with Gasteiger partial charge in [-0.15, -0.1) is 0 Å². The molecule has 98 valence electrons. The molecule has 2 fully saturated rings. The second-order valence-corrected chi connectivity index (χ2v) is 5.43. The van der Waals surface area contributed by atoms with Crippen LogP contribution in [0.15, 0.2) is 0 Å². The summed E-state index contributed by atoms with van der Waals surface area (Å²) >= 11 is 0. The first kappa shape index (κ1) is 12.7. The summed E-state index contributed by atoms with van der Waals surface area (Å²) in [5.74, 6) is 0. The topological polar surface area (TPSA) is 35.6 Å². The molecule has 0 aromatic carbocycles. The summed E-state index contributed by atoms with van der Waals surface area (Å²) in [6.07, 6.45) is 7.54. The summed E-state index contributed by atoms with van der Waals surface area (Å²) in [5.41, 5.74) is 0. The summed E-state index contributed by atoms with van der Waals surface area (Å²) in [5, 5.41) is 3.21. The Hall–Kier alpha value is -0.770. The fourth-order valence-electron chi connectivity index (χ4n) is 2.70. The summed E-state index contributed by atoms with van der Waals surface area (Å²) < 4.78 is 0. The van der Waals surface area contributed by atoms with E-state index >= 15 is 0 Å². The third kappa shape index (κ3) is 3.87. The predicted molar refractivity (Wildman–Crippen MR) is 69.1 cm³/mol. The molecule has 1 saturated heterocycles. The molecule has 4 heteroatoms. The molecule has 0 bridgehead atoms. The van der Waals surface area contributed by atoms with Crippen LogP contribution < -0.4 is 5.32 Å². The number of carbonyl (C=O) groups excluding carboxylic acids is 1. The van der Waals surface area contributed by atoms with Crippen molar-refractivity contribution in [2.75, 3.05) is 33.2 Å². The van der Waals surface area contributed by atoms with Crippen LogP contribution in [-0.2, 0) is 0 Å². The molecular formula is C13H25N3O. The number of rotatable bonds is 1. The average Bonchev–Trinajstić information content (AvgIpc) is 2.58. The lowest BCUT2D eigenvalue weighted by Crippen LogP contribution is -2.52. The standard InChI is InChI=1S/C13H25N3O/c1-15-8-10-16(11-9-15)13(17)14-12-6-4-2-3-5-7-12/h12H,2-11H2,1H3,(H,14,17). The minimum atomic E-state index is 0.157. The first-order valence-electron chi connectivity index (χ1n) is 7.00. The van der Waals surface area contributed by atoms with Crippen molar-refractivity contribution in [1.29, 1.82) is 0 Å². The van der Waals surface area contributed by atoms with Crippen molar-refractivity contribution < 1.29 is 4.79 Å². The van der Waals surface area contributed by atoms with Crippen molar-refractivity contribution in [3.8, 4) is 0 Å². The van der Waals surface area contributed by atoms with E-state index in [0.29, 0.717) is 6.04 Å². The van der Waals surface area contributed by atoms with Gasteiger partial charge < -0.3 is 15.1 Å². The molecule has 0 aromatic heterocycles. The molecule has 0 aromatic rings. The SMILES string of the molecule is CN1CCN(C(=O)NC2CCCCCC2)CC1. The highest BCUT2D eigenvalue weighted by molar-refractivity contribution is 5.74. The zero-order valence-electron chi connectivity index (χ0n) is 11.0. The van der Waals surface area contributed by atoms with Gasteiger partial charge in [-0.1, -0.05) is 25.7 Å². The molecule has 0 atom stereocenters. The summed E-state index contributed by atoms with van der Waals surface area (Å²) in [7, 11) is 2.11. The number of nitrogens with zero attached hydrogens (tertiary/aromatic N) is 2. The summed E-state index contributed by atoms with van der Waals surface area (Å²) in [4.78, 5) is 16.3. The molecule has 2 rings (SSSR count). The third-order valence-corrected chi connectivity index (χ3v) is 3.97. The Kier molecular flexibility index (Phi) is 4.66. The van der Waals surface area contributed by atoms with Gasteiger partial charge in [0.1, 0.15) is 0 Å². The first-order chi connectivity index (χ1) is 8.25. The first-order valence-corrected chi connectivity index (χ1v) is 7.00. The van der Waals surface area contributed by atoms with Crippen molar-refractivity contribution in [3.05, 3.63) is 0 Å². The fourth-order valence-corrected chi connectivity index (χ4v) is 2.70. The van der Waals surface area contributed by atoms with Crippen LogP contribution in [0, 0.1) is 0 Å². The van der Waals surface area contributed by atoms with Crippen LogP contribution >= 0.6 is 0 Å². The van der Waals surface area contributed by atoms with E-state index < -0.39 is 0 Å². The number of hydrogen-bond donors (Lipinski definition) is 1. The van der Waals surface area contributed by atoms with Gasteiger partial charge in [0.25, 0.3) is 0 Å². The van der Waals surface area contributed by atoms with Crippen molar-refractivity contribution in [2.45, 2.75) is 44.6 Å². The van der Waals surface area contributed by atoms with E-state index in [0.717, 1.165) is 26.2 Å². The van der Waals surface area contributed by atoms with Gasteiger partial charge in [0.05, 0.1) is 0 Å². The zero-order valence-corrected chi connectivity index (χ0v) is 11.0. The van der Waals surface area contributed by atoms with Gasteiger partial charge >= 0.3 is 6.03 Å². The molecule has 0 radical (unpaired) electrons. The predicted octanol–water partition coefficient (Wildman–Crippen LogP) is 1.67. The molecule has 4 nitrogen and oxygen atoms in total. The second-order valence-electron chi connectivity index (χ2n) is 5.43. The molecule has 1 saturated carbocycles. The zero-order chi connectivity index (χ0) is 12.1. The maximum Gasteiger partial charge on any atom is 0.317 e. The van der Waals surface area contributed by atoms with Crippen molar-refractivity contribution >= 4 is 6.03 Å². The normalized spacial score (nSPS) is 24.4. The van der Waals surface area contributed by atoms with Crippen LogP contribution in [-0.4, -0.2) is 55.1 Å². The number of carbonyl (C=O) groups is 1. The summed E-state index contributed by atoms with van der Waals surface area (Å²) in [6, 6.07) is 0.578. The van der Waals surface area contributed by atoms with Crippen LogP contribution in [0.2, 0.25) is 0 Å². The largest absolute Gasteiger partial charge is 0.335 e. The average molecular weight is 239 g/mol. The van der Waals surface area contributed by atoms with Gasteiger partial charge in [0.2, 0.25) is 0 Å². The van der Waals surface area contributed by atoms with Gasteiger partial charge in [-0.2, -0.15) is 0 Å². The lowest BCUT2D eigenvalue weighted by Gasteiger charge is -2.33. The Morgan fingerprint density at radius 1 is 1.00 bits per heavy atom. The van der Waals surface area contributed by atoms with Gasteiger partial charge in [0.15, 0.2) is 0 Å². The highest BCUT2D eigenvalue weighted by Gasteiger charge is 2.21. The number of likely N-dealkylation sites (N-methyl/N-ethyl adjacent to an activating group) is 1. The van der Waals surface area contributed by atoms with E-state index in [1.807, 2.05) is 4.90 Å². The summed E-state index contributed by atoms with van der Waals surface area (Å²) in [6.45, 7) is 3.74. The van der Waals surface area contributed by atoms with Crippen molar-refractivity contribution in [3.63, 3.8) is 0 Å². The van der Waals surface area contributed by atoms with Crippen LogP contribution in [0.1, 0.15) is 38.5 Å². The van der Waals surface area contributed by atoms with Gasteiger partial charge in [-0.25, -0.2) is 4.79 Å². The fraction of sp³-hybridized carbons (Fsp3) is 0.923. The highest BCUT2D eigenvalue weighted by atomic mass is 16.2. The molecule has 1 heterocycles. The second kappa shape index (κ2) is 6.24.